The van der Waals surface area contributed by atoms with E-state index in [1.165, 1.54) is 12.7 Å². The molecule has 25 heavy (non-hydrogen) atoms. The maximum atomic E-state index is 6.49. The Morgan fingerprint density at radius 2 is 1.84 bits per heavy atom. The van der Waals surface area contributed by atoms with Gasteiger partial charge in [0.25, 0.3) is 0 Å². The van der Waals surface area contributed by atoms with Gasteiger partial charge in [-0.2, -0.15) is 0 Å². The molecule has 2 aromatic carbocycles. The summed E-state index contributed by atoms with van der Waals surface area (Å²) >= 11 is 12.7. The third-order valence-electron chi connectivity index (χ3n) is 5.34. The van der Waals surface area contributed by atoms with Crippen LogP contribution in [0.5, 0.6) is 0 Å². The van der Waals surface area contributed by atoms with Crippen molar-refractivity contribution < 1.29 is 0 Å². The SMILES string of the molecule is Nc1ncnc2c(-c3cccc(Cl)c3Cl)cc(N3C[C@H]4C[C@H]4C3)cc12. The molecule has 2 heterocycles. The molecule has 2 aliphatic rings. The first-order valence-corrected chi connectivity index (χ1v) is 9.11. The van der Waals surface area contributed by atoms with E-state index < -0.39 is 0 Å². The van der Waals surface area contributed by atoms with E-state index in [-0.39, 0.29) is 0 Å². The van der Waals surface area contributed by atoms with Crippen molar-refractivity contribution >= 4 is 45.6 Å². The van der Waals surface area contributed by atoms with Gasteiger partial charge in [0, 0.05) is 35.3 Å². The van der Waals surface area contributed by atoms with Gasteiger partial charge in [0.2, 0.25) is 0 Å². The molecule has 1 aliphatic carbocycles. The second-order valence-electron chi connectivity index (χ2n) is 6.91. The van der Waals surface area contributed by atoms with E-state index in [0.717, 1.165) is 52.6 Å². The van der Waals surface area contributed by atoms with E-state index in [2.05, 4.69) is 27.0 Å². The number of anilines is 2. The predicted molar refractivity (Wildman–Crippen MR) is 103 cm³/mol. The Hall–Kier alpha value is -2.04. The highest BCUT2D eigenvalue weighted by molar-refractivity contribution is 6.44. The molecule has 0 bridgehead atoms. The van der Waals surface area contributed by atoms with E-state index in [1.54, 1.807) is 6.07 Å². The first-order valence-electron chi connectivity index (χ1n) is 8.35. The quantitative estimate of drug-likeness (QED) is 0.713. The Bertz CT molecular complexity index is 994. The number of benzene rings is 2. The van der Waals surface area contributed by atoms with Gasteiger partial charge in [0.05, 0.1) is 15.6 Å². The normalized spacial score (nSPS) is 21.6. The lowest BCUT2D eigenvalue weighted by molar-refractivity contribution is 0.820. The average molecular weight is 371 g/mol. The Labute approximate surface area is 155 Å². The van der Waals surface area contributed by atoms with Crippen LogP contribution >= 0.6 is 23.2 Å². The molecule has 1 saturated carbocycles. The van der Waals surface area contributed by atoms with Crippen LogP contribution in [0.3, 0.4) is 0 Å². The fraction of sp³-hybridized carbons (Fsp3) is 0.263. The summed E-state index contributed by atoms with van der Waals surface area (Å²) in [5.41, 5.74) is 9.89. The second kappa shape index (κ2) is 5.48. The number of hydrogen-bond acceptors (Lipinski definition) is 4. The number of nitrogens with zero attached hydrogens (tertiary/aromatic N) is 3. The van der Waals surface area contributed by atoms with Crippen molar-refractivity contribution in [3.63, 3.8) is 0 Å². The topological polar surface area (TPSA) is 55.0 Å². The number of piperidine rings is 1. The third kappa shape index (κ3) is 2.43. The van der Waals surface area contributed by atoms with Crippen LogP contribution in [0.15, 0.2) is 36.7 Å². The van der Waals surface area contributed by atoms with Crippen LogP contribution in [0, 0.1) is 11.8 Å². The Balaban J connectivity index is 1.75. The molecule has 0 spiro atoms. The Morgan fingerprint density at radius 3 is 2.64 bits per heavy atom. The van der Waals surface area contributed by atoms with Crippen LogP contribution < -0.4 is 10.6 Å². The van der Waals surface area contributed by atoms with Gasteiger partial charge in [0.15, 0.2) is 0 Å². The molecule has 4 nitrogen and oxygen atoms in total. The smallest absolute Gasteiger partial charge is 0.134 e. The highest BCUT2D eigenvalue weighted by atomic mass is 35.5. The lowest BCUT2D eigenvalue weighted by Gasteiger charge is -2.22. The lowest BCUT2D eigenvalue weighted by atomic mass is 10.0. The molecule has 2 N–H and O–H groups in total. The molecular weight excluding hydrogens is 355 g/mol. The molecule has 3 aromatic rings. The van der Waals surface area contributed by atoms with E-state index >= 15 is 0 Å². The van der Waals surface area contributed by atoms with Gasteiger partial charge in [-0.3, -0.25) is 0 Å². The zero-order valence-corrected chi connectivity index (χ0v) is 14.9. The molecule has 2 fully saturated rings. The molecule has 5 rings (SSSR count). The molecule has 0 unspecified atom stereocenters. The Kier molecular flexibility index (Phi) is 3.34. The predicted octanol–water partition coefficient (Wildman–Crippen LogP) is 4.64. The third-order valence-corrected chi connectivity index (χ3v) is 6.16. The van der Waals surface area contributed by atoms with Gasteiger partial charge < -0.3 is 10.6 Å². The van der Waals surface area contributed by atoms with Crippen LogP contribution in [-0.4, -0.2) is 23.1 Å². The minimum Gasteiger partial charge on any atom is -0.383 e. The van der Waals surface area contributed by atoms with Gasteiger partial charge in [-0.1, -0.05) is 35.3 Å². The zero-order valence-electron chi connectivity index (χ0n) is 13.4. The van der Waals surface area contributed by atoms with Crippen LogP contribution in [-0.2, 0) is 0 Å². The van der Waals surface area contributed by atoms with Gasteiger partial charge in [-0.05, 0) is 36.5 Å². The largest absolute Gasteiger partial charge is 0.383 e. The van der Waals surface area contributed by atoms with E-state index in [9.17, 15) is 0 Å². The van der Waals surface area contributed by atoms with Gasteiger partial charge in [0.1, 0.15) is 12.1 Å². The summed E-state index contributed by atoms with van der Waals surface area (Å²) < 4.78 is 0. The summed E-state index contributed by atoms with van der Waals surface area (Å²) in [6.45, 7) is 2.21. The summed E-state index contributed by atoms with van der Waals surface area (Å²) in [7, 11) is 0. The molecule has 6 heteroatoms. The van der Waals surface area contributed by atoms with Crippen molar-refractivity contribution in [1.29, 1.82) is 0 Å². The second-order valence-corrected chi connectivity index (χ2v) is 7.70. The van der Waals surface area contributed by atoms with Crippen LogP contribution in [0.4, 0.5) is 11.5 Å². The van der Waals surface area contributed by atoms with Crippen molar-refractivity contribution in [1.82, 2.24) is 9.97 Å². The number of nitrogen functional groups attached to an aromatic ring is 1. The number of fused-ring (bicyclic) bond motifs is 2. The highest BCUT2D eigenvalue weighted by Crippen LogP contribution is 2.47. The van der Waals surface area contributed by atoms with Gasteiger partial charge in [-0.15, -0.1) is 0 Å². The minimum atomic E-state index is 0.482. The molecule has 0 amide bonds. The molecule has 0 radical (unpaired) electrons. The van der Waals surface area contributed by atoms with Crippen LogP contribution in [0.2, 0.25) is 10.0 Å². The summed E-state index contributed by atoms with van der Waals surface area (Å²) in [6, 6.07) is 9.90. The van der Waals surface area contributed by atoms with Gasteiger partial charge >= 0.3 is 0 Å². The average Bonchev–Trinajstić information content (AvgIpc) is 3.23. The van der Waals surface area contributed by atoms with Crippen molar-refractivity contribution in [3.05, 3.63) is 46.7 Å². The molecular formula is C19H16Cl2N4. The maximum Gasteiger partial charge on any atom is 0.134 e. The number of halogens is 2. The van der Waals surface area contributed by atoms with E-state index in [0.29, 0.717) is 15.9 Å². The summed E-state index contributed by atoms with van der Waals surface area (Å²) in [6.07, 6.45) is 2.85. The summed E-state index contributed by atoms with van der Waals surface area (Å²) in [5.74, 6) is 2.17. The van der Waals surface area contributed by atoms with Crippen molar-refractivity contribution in [2.45, 2.75) is 6.42 Å². The maximum absolute atomic E-state index is 6.49. The van der Waals surface area contributed by atoms with Gasteiger partial charge in [-0.25, -0.2) is 9.97 Å². The first-order chi connectivity index (χ1) is 12.1. The fourth-order valence-corrected chi connectivity index (χ4v) is 4.28. The first kappa shape index (κ1) is 15.2. The minimum absolute atomic E-state index is 0.482. The van der Waals surface area contributed by atoms with Crippen LogP contribution in [0.25, 0.3) is 22.0 Å². The van der Waals surface area contributed by atoms with Crippen molar-refractivity contribution in [2.24, 2.45) is 11.8 Å². The van der Waals surface area contributed by atoms with E-state index in [1.807, 2.05) is 12.1 Å². The van der Waals surface area contributed by atoms with Crippen molar-refractivity contribution in [2.75, 3.05) is 23.7 Å². The van der Waals surface area contributed by atoms with Crippen molar-refractivity contribution in [3.8, 4) is 11.1 Å². The number of hydrogen-bond donors (Lipinski definition) is 1. The van der Waals surface area contributed by atoms with E-state index in [4.69, 9.17) is 28.9 Å². The Morgan fingerprint density at radius 1 is 1.04 bits per heavy atom. The molecule has 1 aromatic heterocycles. The number of aromatic nitrogens is 2. The molecule has 2 atom stereocenters. The lowest BCUT2D eigenvalue weighted by Crippen LogP contribution is -2.21. The molecule has 126 valence electrons. The fourth-order valence-electron chi connectivity index (χ4n) is 3.88. The molecule has 1 aliphatic heterocycles. The number of rotatable bonds is 2. The highest BCUT2D eigenvalue weighted by Gasteiger charge is 2.45. The summed E-state index contributed by atoms with van der Waals surface area (Å²) in [4.78, 5) is 11.1. The molecule has 1 saturated heterocycles. The van der Waals surface area contributed by atoms with Crippen LogP contribution in [0.1, 0.15) is 6.42 Å². The standard InChI is InChI=1S/C19H16Cl2N4/c20-16-3-1-2-13(17(16)21)14-5-12(25-7-10-4-11(10)8-25)6-15-18(14)23-9-24-19(15)22/h1-3,5-6,9-11H,4,7-8H2,(H2,22,23,24)/t10-,11+. The summed E-state index contributed by atoms with van der Waals surface area (Å²) in [5, 5.41) is 1.91. The monoisotopic (exact) mass is 370 g/mol. The number of nitrogens with two attached hydrogens (primary N) is 1. The zero-order chi connectivity index (χ0) is 17.1.